The largest absolute Gasteiger partial charge is 0.351 e. The monoisotopic (exact) mass is 385 g/mol. The summed E-state index contributed by atoms with van der Waals surface area (Å²) < 4.78 is 2.10. The van der Waals surface area contributed by atoms with E-state index in [0.717, 1.165) is 66.8 Å². The first kappa shape index (κ1) is 17.8. The van der Waals surface area contributed by atoms with Gasteiger partial charge in [0.15, 0.2) is 11.5 Å². The number of fused-ring (bicyclic) bond motifs is 1. The Morgan fingerprint density at radius 1 is 0.931 bits per heavy atom. The van der Waals surface area contributed by atoms with Crippen LogP contribution in [0.15, 0.2) is 61.3 Å². The fraction of sp³-hybridized carbons (Fsp3) is 0.273. The van der Waals surface area contributed by atoms with E-state index in [9.17, 15) is 0 Å². The van der Waals surface area contributed by atoms with Crippen LogP contribution in [0.3, 0.4) is 0 Å². The van der Waals surface area contributed by atoms with Crippen LogP contribution in [0.2, 0.25) is 0 Å². The number of hydrogen-bond acceptors (Lipinski definition) is 6. The van der Waals surface area contributed by atoms with Gasteiger partial charge in [0.05, 0.1) is 17.6 Å². The third-order valence-electron chi connectivity index (χ3n) is 5.37. The van der Waals surface area contributed by atoms with Gasteiger partial charge in [0, 0.05) is 68.8 Å². The Kier molecular flexibility index (Phi) is 4.65. The van der Waals surface area contributed by atoms with Gasteiger partial charge in [0.1, 0.15) is 0 Å². The lowest BCUT2D eigenvalue weighted by atomic mass is 10.2. The van der Waals surface area contributed by atoms with Gasteiger partial charge in [-0.15, -0.1) is 0 Å². The second-order valence-corrected chi connectivity index (χ2v) is 7.36. The SMILES string of the molecule is Cc1cccc(CN2CCN(c3nccn4c(-c5cccnc5)cnc34)CC2)n1. The van der Waals surface area contributed by atoms with Crippen molar-refractivity contribution >= 4 is 11.5 Å². The Balaban J connectivity index is 1.34. The Hall–Kier alpha value is -3.32. The fourth-order valence-electron chi connectivity index (χ4n) is 3.89. The van der Waals surface area contributed by atoms with Crippen LogP contribution >= 0.6 is 0 Å². The number of piperazine rings is 1. The number of aromatic nitrogens is 5. The molecular weight excluding hydrogens is 362 g/mol. The summed E-state index contributed by atoms with van der Waals surface area (Å²) in [5, 5.41) is 0. The summed E-state index contributed by atoms with van der Waals surface area (Å²) >= 11 is 0. The summed E-state index contributed by atoms with van der Waals surface area (Å²) in [6.07, 6.45) is 9.37. The molecule has 0 aliphatic carbocycles. The zero-order valence-corrected chi connectivity index (χ0v) is 16.4. The van der Waals surface area contributed by atoms with Crippen molar-refractivity contribution in [3.8, 4) is 11.3 Å². The minimum Gasteiger partial charge on any atom is -0.351 e. The minimum atomic E-state index is 0.889. The number of pyridine rings is 2. The van der Waals surface area contributed by atoms with E-state index in [4.69, 9.17) is 0 Å². The van der Waals surface area contributed by atoms with E-state index < -0.39 is 0 Å². The van der Waals surface area contributed by atoms with Crippen LogP contribution in [0.1, 0.15) is 11.4 Å². The van der Waals surface area contributed by atoms with Crippen LogP contribution in [-0.2, 0) is 6.54 Å². The van der Waals surface area contributed by atoms with Gasteiger partial charge in [-0.2, -0.15) is 0 Å². The van der Waals surface area contributed by atoms with Gasteiger partial charge in [0.25, 0.3) is 0 Å². The van der Waals surface area contributed by atoms with Gasteiger partial charge in [-0.05, 0) is 31.2 Å². The molecule has 1 fully saturated rings. The van der Waals surface area contributed by atoms with Crippen molar-refractivity contribution in [2.45, 2.75) is 13.5 Å². The molecule has 7 nitrogen and oxygen atoms in total. The molecular formula is C22H23N7. The van der Waals surface area contributed by atoms with E-state index in [1.165, 1.54) is 0 Å². The van der Waals surface area contributed by atoms with Gasteiger partial charge >= 0.3 is 0 Å². The van der Waals surface area contributed by atoms with Gasteiger partial charge in [-0.25, -0.2) is 9.97 Å². The van der Waals surface area contributed by atoms with Crippen molar-refractivity contribution in [3.63, 3.8) is 0 Å². The van der Waals surface area contributed by atoms with Crippen LogP contribution in [0.25, 0.3) is 16.9 Å². The maximum Gasteiger partial charge on any atom is 0.180 e. The average Bonchev–Trinajstić information content (AvgIpc) is 3.19. The molecule has 1 aliphatic heterocycles. The summed E-state index contributed by atoms with van der Waals surface area (Å²) in [6, 6.07) is 10.2. The molecule has 0 amide bonds. The van der Waals surface area contributed by atoms with Crippen LogP contribution in [0.4, 0.5) is 5.82 Å². The zero-order chi connectivity index (χ0) is 19.6. The number of hydrogen-bond donors (Lipinski definition) is 0. The van der Waals surface area contributed by atoms with E-state index in [1.54, 1.807) is 6.20 Å². The number of rotatable bonds is 4. The standard InChI is InChI=1S/C22H23N7/c1-17-4-2-6-19(26-17)16-27-10-12-28(13-11-27)21-22-25-15-20(29(22)9-8-24-21)18-5-3-7-23-14-18/h2-9,14-15H,10-13,16H2,1H3. The molecule has 0 N–H and O–H groups in total. The molecule has 0 aromatic carbocycles. The van der Waals surface area contributed by atoms with Gasteiger partial charge in [-0.1, -0.05) is 6.07 Å². The molecule has 1 saturated heterocycles. The lowest BCUT2D eigenvalue weighted by molar-refractivity contribution is 0.246. The maximum absolute atomic E-state index is 4.67. The quantitative estimate of drug-likeness (QED) is 0.538. The maximum atomic E-state index is 4.67. The minimum absolute atomic E-state index is 0.889. The Morgan fingerprint density at radius 2 is 1.83 bits per heavy atom. The first-order chi connectivity index (χ1) is 14.3. The molecule has 0 atom stereocenters. The van der Waals surface area contributed by atoms with E-state index in [1.807, 2.05) is 43.8 Å². The summed E-state index contributed by atoms with van der Waals surface area (Å²) in [5.74, 6) is 0.941. The van der Waals surface area contributed by atoms with Crippen LogP contribution in [-0.4, -0.2) is 55.4 Å². The number of imidazole rings is 1. The second kappa shape index (κ2) is 7.60. The molecule has 0 unspecified atom stereocenters. The van der Waals surface area contributed by atoms with Crippen molar-refractivity contribution < 1.29 is 0 Å². The topological polar surface area (TPSA) is 62.5 Å². The number of nitrogens with zero attached hydrogens (tertiary/aromatic N) is 7. The highest BCUT2D eigenvalue weighted by atomic mass is 15.3. The highest BCUT2D eigenvalue weighted by molar-refractivity contribution is 5.71. The van der Waals surface area contributed by atoms with Crippen molar-refractivity contribution in [2.75, 3.05) is 31.1 Å². The van der Waals surface area contributed by atoms with E-state index in [2.05, 4.69) is 52.3 Å². The van der Waals surface area contributed by atoms with Crippen molar-refractivity contribution in [1.29, 1.82) is 0 Å². The Labute approximate surface area is 169 Å². The average molecular weight is 385 g/mol. The molecule has 5 rings (SSSR count). The van der Waals surface area contributed by atoms with Crippen molar-refractivity contribution in [1.82, 2.24) is 29.2 Å². The fourth-order valence-corrected chi connectivity index (χ4v) is 3.89. The number of anilines is 1. The van der Waals surface area contributed by atoms with Crippen molar-refractivity contribution in [3.05, 3.63) is 72.7 Å². The van der Waals surface area contributed by atoms with Crippen LogP contribution < -0.4 is 4.90 Å². The van der Waals surface area contributed by atoms with Crippen molar-refractivity contribution in [2.24, 2.45) is 0 Å². The third kappa shape index (κ3) is 3.56. The van der Waals surface area contributed by atoms with E-state index >= 15 is 0 Å². The molecule has 1 aliphatic rings. The normalized spacial score (nSPS) is 15.1. The lowest BCUT2D eigenvalue weighted by Gasteiger charge is -2.35. The molecule has 4 aromatic heterocycles. The summed E-state index contributed by atoms with van der Waals surface area (Å²) in [5.41, 5.74) is 5.17. The van der Waals surface area contributed by atoms with Gasteiger partial charge in [-0.3, -0.25) is 19.3 Å². The highest BCUT2D eigenvalue weighted by Gasteiger charge is 2.21. The van der Waals surface area contributed by atoms with Crippen LogP contribution in [0, 0.1) is 6.92 Å². The first-order valence-electron chi connectivity index (χ1n) is 9.90. The molecule has 0 bridgehead atoms. The zero-order valence-electron chi connectivity index (χ0n) is 16.4. The lowest BCUT2D eigenvalue weighted by Crippen LogP contribution is -2.46. The van der Waals surface area contributed by atoms with Gasteiger partial charge < -0.3 is 4.90 Å². The molecule has 4 aromatic rings. The Bertz CT molecular complexity index is 1110. The Morgan fingerprint density at radius 3 is 2.62 bits per heavy atom. The first-order valence-corrected chi connectivity index (χ1v) is 9.90. The molecule has 0 radical (unpaired) electrons. The highest BCUT2D eigenvalue weighted by Crippen LogP contribution is 2.25. The smallest absolute Gasteiger partial charge is 0.180 e. The second-order valence-electron chi connectivity index (χ2n) is 7.36. The predicted molar refractivity (Wildman–Crippen MR) is 113 cm³/mol. The van der Waals surface area contributed by atoms with Crippen LogP contribution in [0.5, 0.6) is 0 Å². The molecule has 29 heavy (non-hydrogen) atoms. The molecule has 0 saturated carbocycles. The van der Waals surface area contributed by atoms with Gasteiger partial charge in [0.2, 0.25) is 0 Å². The van der Waals surface area contributed by atoms with E-state index in [0.29, 0.717) is 0 Å². The molecule has 5 heterocycles. The third-order valence-corrected chi connectivity index (χ3v) is 5.37. The summed E-state index contributed by atoms with van der Waals surface area (Å²) in [4.78, 5) is 23.0. The summed E-state index contributed by atoms with van der Waals surface area (Å²) in [7, 11) is 0. The molecule has 0 spiro atoms. The van der Waals surface area contributed by atoms with E-state index in [-0.39, 0.29) is 0 Å². The predicted octanol–water partition coefficient (Wildman–Crippen LogP) is 2.82. The number of aryl methyl sites for hydroxylation is 1. The molecule has 7 heteroatoms. The molecule has 146 valence electrons. The summed E-state index contributed by atoms with van der Waals surface area (Å²) in [6.45, 7) is 6.74.